The molecule has 0 aliphatic rings. The summed E-state index contributed by atoms with van der Waals surface area (Å²) in [5, 5.41) is 21.1. The van der Waals surface area contributed by atoms with E-state index in [2.05, 4.69) is 31.2 Å². The second kappa shape index (κ2) is 7.95. The quantitative estimate of drug-likeness (QED) is 0.606. The molecule has 1 heterocycles. The van der Waals surface area contributed by atoms with Crippen LogP contribution >= 0.6 is 15.9 Å². The first-order valence-corrected chi connectivity index (χ1v) is 8.84. The molecule has 1 aromatic heterocycles. The number of ether oxygens (including phenoxy) is 1. The highest BCUT2D eigenvalue weighted by Crippen LogP contribution is 2.36. The molecule has 0 saturated heterocycles. The van der Waals surface area contributed by atoms with Crippen molar-refractivity contribution in [1.29, 1.82) is 10.5 Å². The molecule has 138 valence electrons. The molecule has 0 aliphatic heterocycles. The van der Waals surface area contributed by atoms with E-state index in [4.69, 9.17) is 18.5 Å². The molecule has 0 amide bonds. The van der Waals surface area contributed by atoms with E-state index in [-0.39, 0.29) is 41.0 Å². The lowest BCUT2D eigenvalue weighted by Crippen LogP contribution is -2.04. The van der Waals surface area contributed by atoms with Crippen LogP contribution in [-0.4, -0.2) is 9.97 Å². The van der Waals surface area contributed by atoms with Crippen LogP contribution in [0.25, 0.3) is 0 Å². The molecule has 0 fully saturated rings. The Morgan fingerprint density at radius 2 is 1.68 bits per heavy atom. The largest absolute Gasteiger partial charge is 0.437 e. The van der Waals surface area contributed by atoms with Gasteiger partial charge in [0.2, 0.25) is 11.8 Å². The Labute approximate surface area is 173 Å². The number of rotatable bonds is 4. The maximum Gasteiger partial charge on any atom is 0.240 e. The fourth-order valence-corrected chi connectivity index (χ4v) is 2.69. The topological polar surface area (TPSA) is 121 Å². The summed E-state index contributed by atoms with van der Waals surface area (Å²) in [6.07, 6.45) is 0. The number of halogens is 1. The molecule has 3 aromatic rings. The molecule has 0 unspecified atom stereocenters. The lowest BCUT2D eigenvalue weighted by atomic mass is 10.1. The van der Waals surface area contributed by atoms with Crippen molar-refractivity contribution in [1.82, 2.24) is 9.97 Å². The van der Waals surface area contributed by atoms with Crippen LogP contribution in [0.15, 0.2) is 40.8 Å². The van der Waals surface area contributed by atoms with Gasteiger partial charge in [0.1, 0.15) is 16.0 Å². The summed E-state index contributed by atoms with van der Waals surface area (Å²) in [5.74, 6) is 0.634. The number of nitrogen functional groups attached to an aromatic ring is 1. The number of benzene rings is 2. The molecule has 0 radical (unpaired) electrons. The van der Waals surface area contributed by atoms with Gasteiger partial charge in [0.25, 0.3) is 0 Å². The van der Waals surface area contributed by atoms with Gasteiger partial charge in [-0.1, -0.05) is 0 Å². The van der Waals surface area contributed by atoms with Gasteiger partial charge >= 0.3 is 0 Å². The van der Waals surface area contributed by atoms with Crippen molar-refractivity contribution in [3.05, 3.63) is 63.1 Å². The molecule has 0 spiro atoms. The number of hydrogen-bond donors (Lipinski definition) is 2. The van der Waals surface area contributed by atoms with E-state index in [1.165, 1.54) is 0 Å². The zero-order valence-corrected chi connectivity index (χ0v) is 16.5. The first kappa shape index (κ1) is 16.5. The highest BCUT2D eigenvalue weighted by Gasteiger charge is 2.16. The smallest absolute Gasteiger partial charge is 0.240 e. The molecule has 7 nitrogen and oxygen atoms in total. The monoisotopic (exact) mass is 436 g/mol. The molecule has 28 heavy (non-hydrogen) atoms. The lowest BCUT2D eigenvalue weighted by Gasteiger charge is -2.14. The third-order valence-corrected chi connectivity index (χ3v) is 4.48. The zero-order valence-electron chi connectivity index (χ0n) is 17.0. The summed E-state index contributed by atoms with van der Waals surface area (Å²) in [6.45, 7) is 3.28. The van der Waals surface area contributed by atoms with E-state index in [1.54, 1.807) is 38.1 Å². The number of nitrogens with two attached hydrogens (primary N) is 1. The summed E-state index contributed by atoms with van der Waals surface area (Å²) in [6, 6.07) is 10.5. The highest BCUT2D eigenvalue weighted by atomic mass is 79.9. The SMILES string of the molecule is [2H]c1c(C)c(Oc2nc(Nc3ccc(C#N)cc3)nc(N)c2Br)c(C)c([2H])c1C#N. The molecular weight excluding hydrogens is 420 g/mol. The molecule has 0 saturated carbocycles. The van der Waals surface area contributed by atoms with Gasteiger partial charge in [-0.25, -0.2) is 0 Å². The molecule has 0 aliphatic carbocycles. The standard InChI is InChI=1S/C20H15BrN6O/c1-11-7-14(10-23)8-12(2)17(11)28-19-16(21)18(24)26-20(27-19)25-15-5-3-13(9-22)4-6-15/h3-8H,1-2H3,(H3,24,25,26,27)/i7D,8D. The summed E-state index contributed by atoms with van der Waals surface area (Å²) in [7, 11) is 0. The van der Waals surface area contributed by atoms with Gasteiger partial charge in [-0.05, 0) is 77.3 Å². The lowest BCUT2D eigenvalue weighted by molar-refractivity contribution is 0.453. The summed E-state index contributed by atoms with van der Waals surface area (Å²) in [4.78, 5) is 8.49. The molecule has 2 aromatic carbocycles. The zero-order chi connectivity index (χ0) is 22.0. The fourth-order valence-electron chi connectivity index (χ4n) is 2.43. The van der Waals surface area contributed by atoms with E-state index in [9.17, 15) is 5.26 Å². The summed E-state index contributed by atoms with van der Waals surface area (Å²) < 4.78 is 22.5. The Bertz CT molecular complexity index is 1200. The van der Waals surface area contributed by atoms with Crippen LogP contribution in [-0.2, 0) is 0 Å². The van der Waals surface area contributed by atoms with Crippen molar-refractivity contribution in [2.24, 2.45) is 0 Å². The van der Waals surface area contributed by atoms with Crippen LogP contribution in [0.3, 0.4) is 0 Å². The van der Waals surface area contributed by atoms with E-state index in [0.717, 1.165) is 0 Å². The second-order valence-electron chi connectivity index (χ2n) is 5.78. The van der Waals surface area contributed by atoms with Gasteiger partial charge in [0.05, 0.1) is 26.0 Å². The first-order valence-electron chi connectivity index (χ1n) is 9.05. The maximum atomic E-state index is 9.22. The molecule has 3 rings (SSSR count). The predicted molar refractivity (Wildman–Crippen MR) is 109 cm³/mol. The minimum absolute atomic E-state index is 0.0122. The van der Waals surface area contributed by atoms with E-state index in [1.807, 2.05) is 12.1 Å². The molecule has 0 atom stereocenters. The van der Waals surface area contributed by atoms with Crippen LogP contribution in [0.5, 0.6) is 11.6 Å². The van der Waals surface area contributed by atoms with Gasteiger partial charge in [0.15, 0.2) is 0 Å². The molecular formula is C20H15BrN6O. The van der Waals surface area contributed by atoms with Crippen molar-refractivity contribution in [2.75, 3.05) is 11.1 Å². The van der Waals surface area contributed by atoms with Gasteiger partial charge in [0, 0.05) is 5.69 Å². The van der Waals surface area contributed by atoms with Gasteiger partial charge in [-0.15, -0.1) is 0 Å². The van der Waals surface area contributed by atoms with Gasteiger partial charge in [-0.2, -0.15) is 20.5 Å². The highest BCUT2D eigenvalue weighted by molar-refractivity contribution is 9.10. The van der Waals surface area contributed by atoms with Crippen molar-refractivity contribution < 1.29 is 7.48 Å². The minimum atomic E-state index is -0.0721. The third kappa shape index (κ3) is 4.03. The molecule has 3 N–H and O–H groups in total. The number of nitrogens with one attached hydrogen (secondary N) is 1. The van der Waals surface area contributed by atoms with Crippen molar-refractivity contribution in [3.63, 3.8) is 0 Å². The Morgan fingerprint density at radius 1 is 1.07 bits per heavy atom. The van der Waals surface area contributed by atoms with Crippen LogP contribution in [0, 0.1) is 36.5 Å². The molecule has 8 heteroatoms. The van der Waals surface area contributed by atoms with Crippen LogP contribution < -0.4 is 15.8 Å². The Hall–Kier alpha value is -3.62. The van der Waals surface area contributed by atoms with Crippen LogP contribution in [0.4, 0.5) is 17.5 Å². The first-order chi connectivity index (χ1) is 14.3. The maximum absolute atomic E-state index is 9.22. The van der Waals surface area contributed by atoms with Crippen LogP contribution in [0.1, 0.15) is 25.0 Å². The van der Waals surface area contributed by atoms with E-state index >= 15 is 0 Å². The van der Waals surface area contributed by atoms with E-state index in [0.29, 0.717) is 26.9 Å². The Balaban J connectivity index is 2.01. The number of hydrogen-bond acceptors (Lipinski definition) is 7. The summed E-state index contributed by atoms with van der Waals surface area (Å²) in [5.41, 5.74) is 7.95. The Morgan fingerprint density at radius 3 is 2.25 bits per heavy atom. The van der Waals surface area contributed by atoms with Gasteiger partial charge < -0.3 is 15.8 Å². The minimum Gasteiger partial charge on any atom is -0.437 e. The second-order valence-corrected chi connectivity index (χ2v) is 6.58. The van der Waals surface area contributed by atoms with Crippen molar-refractivity contribution in [2.45, 2.75) is 13.8 Å². The average Bonchev–Trinajstić information content (AvgIpc) is 2.74. The summed E-state index contributed by atoms with van der Waals surface area (Å²) >= 11 is 3.31. The van der Waals surface area contributed by atoms with E-state index < -0.39 is 0 Å². The number of aromatic nitrogens is 2. The number of nitrogens with zero attached hydrogens (tertiary/aromatic N) is 4. The van der Waals surface area contributed by atoms with Crippen LogP contribution in [0.2, 0.25) is 0 Å². The van der Waals surface area contributed by atoms with Crippen molar-refractivity contribution >= 4 is 33.4 Å². The normalized spacial score (nSPS) is 11.0. The fraction of sp³-hybridized carbons (Fsp3) is 0.100. The van der Waals surface area contributed by atoms with Crippen molar-refractivity contribution in [3.8, 4) is 23.8 Å². The number of anilines is 3. The number of nitriles is 2. The molecule has 0 bridgehead atoms. The average molecular weight is 437 g/mol. The third-order valence-electron chi connectivity index (χ3n) is 3.73. The van der Waals surface area contributed by atoms with Gasteiger partial charge in [-0.3, -0.25) is 0 Å². The Kier molecular flexibility index (Phi) is 4.70. The predicted octanol–water partition coefficient (Wildman–Crippen LogP) is 4.72.